The lowest BCUT2D eigenvalue weighted by atomic mass is 10.1. The van der Waals surface area contributed by atoms with Crippen molar-refractivity contribution in [2.75, 3.05) is 31.1 Å². The van der Waals surface area contributed by atoms with Crippen LogP contribution in [-0.2, 0) is 6.54 Å². The predicted molar refractivity (Wildman–Crippen MR) is 120 cm³/mol. The summed E-state index contributed by atoms with van der Waals surface area (Å²) >= 11 is 0. The van der Waals surface area contributed by atoms with Crippen LogP contribution in [0.4, 0.5) is 14.7 Å². The molecule has 6 rings (SSSR count). The van der Waals surface area contributed by atoms with Crippen LogP contribution < -0.4 is 4.90 Å². The van der Waals surface area contributed by atoms with Crippen LogP contribution in [0.5, 0.6) is 0 Å². The van der Waals surface area contributed by atoms with Crippen LogP contribution in [0.2, 0.25) is 0 Å². The monoisotopic (exact) mass is 446 g/mol. The Balaban J connectivity index is 1.34. The summed E-state index contributed by atoms with van der Waals surface area (Å²) in [4.78, 5) is 9.24. The summed E-state index contributed by atoms with van der Waals surface area (Å²) in [5.74, 6) is 1.13. The van der Waals surface area contributed by atoms with Gasteiger partial charge in [-0.05, 0) is 42.5 Å². The van der Waals surface area contributed by atoms with Crippen LogP contribution in [0, 0.1) is 11.6 Å². The van der Waals surface area contributed by atoms with Gasteiger partial charge in [0, 0.05) is 43.7 Å². The highest BCUT2D eigenvalue weighted by atomic mass is 19.1. The SMILES string of the molecule is Fc1ccc(F)c(CN2CCN(c3nc4ccccc4c4nnc(-c5ccco5)n34)CC2)c1. The molecule has 1 fully saturated rings. The van der Waals surface area contributed by atoms with E-state index in [-0.39, 0.29) is 5.82 Å². The molecule has 3 aromatic heterocycles. The Morgan fingerprint density at radius 2 is 1.76 bits per heavy atom. The molecule has 5 aromatic rings. The summed E-state index contributed by atoms with van der Waals surface area (Å²) in [6, 6.07) is 15.1. The fourth-order valence-electron chi connectivity index (χ4n) is 4.35. The van der Waals surface area contributed by atoms with Gasteiger partial charge in [-0.3, -0.25) is 4.90 Å². The van der Waals surface area contributed by atoms with Gasteiger partial charge in [-0.15, -0.1) is 10.2 Å². The molecule has 33 heavy (non-hydrogen) atoms. The number of piperazine rings is 1. The van der Waals surface area contributed by atoms with Crippen LogP contribution in [0.3, 0.4) is 0 Å². The third-order valence-corrected chi connectivity index (χ3v) is 6.03. The summed E-state index contributed by atoms with van der Waals surface area (Å²) in [6.07, 6.45) is 1.61. The Hall–Kier alpha value is -3.85. The molecule has 0 unspecified atom stereocenters. The maximum atomic E-state index is 14.1. The molecular formula is C24H20F2N6O. The summed E-state index contributed by atoms with van der Waals surface area (Å²) in [7, 11) is 0. The number of anilines is 1. The van der Waals surface area contributed by atoms with Crippen LogP contribution in [-0.4, -0.2) is 50.7 Å². The first-order chi connectivity index (χ1) is 16.2. The molecule has 4 heterocycles. The highest BCUT2D eigenvalue weighted by Gasteiger charge is 2.25. The molecule has 0 bridgehead atoms. The zero-order valence-corrected chi connectivity index (χ0v) is 17.7. The first-order valence-electron chi connectivity index (χ1n) is 10.8. The van der Waals surface area contributed by atoms with Crippen LogP contribution >= 0.6 is 0 Å². The van der Waals surface area contributed by atoms with Gasteiger partial charge in [0.05, 0.1) is 11.8 Å². The van der Waals surface area contributed by atoms with E-state index in [4.69, 9.17) is 9.40 Å². The summed E-state index contributed by atoms with van der Waals surface area (Å²) in [5.41, 5.74) is 1.92. The van der Waals surface area contributed by atoms with Gasteiger partial charge >= 0.3 is 0 Å². The van der Waals surface area contributed by atoms with E-state index < -0.39 is 5.82 Å². The lowest BCUT2D eigenvalue weighted by Gasteiger charge is -2.35. The Kier molecular flexibility index (Phi) is 4.76. The van der Waals surface area contributed by atoms with Gasteiger partial charge < -0.3 is 9.32 Å². The first-order valence-corrected chi connectivity index (χ1v) is 10.8. The zero-order valence-electron chi connectivity index (χ0n) is 17.7. The third kappa shape index (κ3) is 3.50. The highest BCUT2D eigenvalue weighted by Crippen LogP contribution is 2.29. The molecule has 0 amide bonds. The summed E-state index contributed by atoms with van der Waals surface area (Å²) in [6.45, 7) is 3.08. The number of halogens is 2. The second kappa shape index (κ2) is 7.93. The van der Waals surface area contributed by atoms with Gasteiger partial charge in [-0.25, -0.2) is 18.2 Å². The number of fused-ring (bicyclic) bond motifs is 3. The molecule has 1 saturated heterocycles. The molecule has 0 aliphatic carbocycles. The van der Waals surface area contributed by atoms with Crippen molar-refractivity contribution in [2.45, 2.75) is 6.54 Å². The molecule has 0 spiro atoms. The molecule has 166 valence electrons. The minimum absolute atomic E-state index is 0.363. The molecular weight excluding hydrogens is 426 g/mol. The van der Waals surface area contributed by atoms with Crippen molar-refractivity contribution in [3.8, 4) is 11.6 Å². The van der Waals surface area contributed by atoms with Crippen LogP contribution in [0.1, 0.15) is 5.56 Å². The van der Waals surface area contributed by atoms with Gasteiger partial charge in [0.25, 0.3) is 0 Å². The Labute approximate surface area is 187 Å². The normalized spacial score (nSPS) is 15.0. The van der Waals surface area contributed by atoms with Crippen molar-refractivity contribution >= 4 is 22.5 Å². The number of para-hydroxylation sites is 1. The zero-order chi connectivity index (χ0) is 22.4. The fraction of sp³-hybridized carbons (Fsp3) is 0.208. The van der Waals surface area contributed by atoms with Crippen LogP contribution in [0.25, 0.3) is 28.1 Å². The molecule has 2 aromatic carbocycles. The molecule has 0 N–H and O–H groups in total. The summed E-state index contributed by atoms with van der Waals surface area (Å²) in [5, 5.41) is 9.75. The molecule has 1 aliphatic heterocycles. The van der Waals surface area contributed by atoms with Gasteiger partial charge in [0.2, 0.25) is 11.8 Å². The number of rotatable bonds is 4. The second-order valence-electron chi connectivity index (χ2n) is 8.09. The highest BCUT2D eigenvalue weighted by molar-refractivity contribution is 5.93. The molecule has 0 atom stereocenters. The first kappa shape index (κ1) is 19.8. The second-order valence-corrected chi connectivity index (χ2v) is 8.09. The smallest absolute Gasteiger partial charge is 0.213 e. The molecule has 7 nitrogen and oxygen atoms in total. The number of benzene rings is 2. The number of hydrogen-bond acceptors (Lipinski definition) is 6. The predicted octanol–water partition coefficient (Wildman–Crippen LogP) is 4.14. The van der Waals surface area contributed by atoms with E-state index in [0.29, 0.717) is 55.5 Å². The third-order valence-electron chi connectivity index (χ3n) is 6.03. The maximum absolute atomic E-state index is 14.1. The van der Waals surface area contributed by atoms with Crippen molar-refractivity contribution < 1.29 is 13.2 Å². The van der Waals surface area contributed by atoms with Gasteiger partial charge in [0.15, 0.2) is 11.4 Å². The fourth-order valence-corrected chi connectivity index (χ4v) is 4.35. The van der Waals surface area contributed by atoms with Crippen molar-refractivity contribution in [2.24, 2.45) is 0 Å². The van der Waals surface area contributed by atoms with Crippen molar-refractivity contribution in [3.63, 3.8) is 0 Å². The van der Waals surface area contributed by atoms with Crippen LogP contribution in [0.15, 0.2) is 65.3 Å². The molecule has 0 saturated carbocycles. The maximum Gasteiger partial charge on any atom is 0.213 e. The quantitative estimate of drug-likeness (QED) is 0.414. The van der Waals surface area contributed by atoms with E-state index in [2.05, 4.69) is 20.0 Å². The van der Waals surface area contributed by atoms with E-state index in [1.807, 2.05) is 40.8 Å². The minimum atomic E-state index is -0.425. The Morgan fingerprint density at radius 3 is 2.58 bits per heavy atom. The summed E-state index contributed by atoms with van der Waals surface area (Å²) < 4.78 is 35.2. The topological polar surface area (TPSA) is 62.7 Å². The average molecular weight is 446 g/mol. The lowest BCUT2D eigenvalue weighted by molar-refractivity contribution is 0.245. The van der Waals surface area contributed by atoms with E-state index in [9.17, 15) is 8.78 Å². The molecule has 1 aliphatic rings. The van der Waals surface area contributed by atoms with E-state index in [1.54, 1.807) is 6.26 Å². The standard InChI is InChI=1S/C24H20F2N6O/c25-17-7-8-19(26)16(14-17)15-30-9-11-31(12-10-30)24-27-20-5-2-1-4-18(20)22-28-29-23(32(22)24)21-6-3-13-33-21/h1-8,13-14H,9-12,15H2. The number of nitrogens with zero attached hydrogens (tertiary/aromatic N) is 6. The van der Waals surface area contributed by atoms with Gasteiger partial charge in [-0.2, -0.15) is 0 Å². The van der Waals surface area contributed by atoms with E-state index >= 15 is 0 Å². The number of furan rings is 1. The molecule has 0 radical (unpaired) electrons. The lowest BCUT2D eigenvalue weighted by Crippen LogP contribution is -2.47. The van der Waals surface area contributed by atoms with Gasteiger partial charge in [-0.1, -0.05) is 12.1 Å². The average Bonchev–Trinajstić information content (AvgIpc) is 3.52. The number of hydrogen-bond donors (Lipinski definition) is 0. The number of aromatic nitrogens is 4. The van der Waals surface area contributed by atoms with Gasteiger partial charge in [0.1, 0.15) is 11.6 Å². The van der Waals surface area contributed by atoms with Crippen molar-refractivity contribution in [1.82, 2.24) is 24.5 Å². The minimum Gasteiger partial charge on any atom is -0.461 e. The Bertz CT molecular complexity index is 1440. The van der Waals surface area contributed by atoms with Crippen molar-refractivity contribution in [1.29, 1.82) is 0 Å². The molecule has 9 heteroatoms. The Morgan fingerprint density at radius 1 is 0.909 bits per heavy atom. The van der Waals surface area contributed by atoms with E-state index in [1.165, 1.54) is 12.1 Å². The van der Waals surface area contributed by atoms with Crippen molar-refractivity contribution in [3.05, 3.63) is 78.1 Å². The van der Waals surface area contributed by atoms with E-state index in [0.717, 1.165) is 22.9 Å². The largest absolute Gasteiger partial charge is 0.461 e.